The summed E-state index contributed by atoms with van der Waals surface area (Å²) in [5.74, 6) is -2.48. The number of carbonyl (C=O) groups is 1. The first-order chi connectivity index (χ1) is 4.36. The minimum absolute atomic E-state index is 1.01. The summed E-state index contributed by atoms with van der Waals surface area (Å²) in [6, 6.07) is 0. The third-order valence-electron chi connectivity index (χ3n) is 0.844. The quantitative estimate of drug-likeness (QED) is 0.553. The molecule has 6 heteroatoms. The molecule has 0 aliphatic rings. The number of sulfone groups is 1. The molecule has 1 atom stereocenters. The van der Waals surface area contributed by atoms with Crippen molar-refractivity contribution in [1.29, 1.82) is 0 Å². The van der Waals surface area contributed by atoms with Crippen LogP contribution >= 0.6 is 0 Å². The second kappa shape index (κ2) is 2.98. The van der Waals surface area contributed by atoms with Gasteiger partial charge in [-0.15, -0.1) is 0 Å². The number of aliphatic carboxylic acids is 1. The average molecular weight is 168 g/mol. The molecular formula is C4H8O5S. The molecule has 2 N–H and O–H groups in total. The largest absolute Gasteiger partial charge is 0.480 e. The molecule has 0 aromatic carbocycles. The maximum absolute atomic E-state index is 10.5. The lowest BCUT2D eigenvalue weighted by Crippen LogP contribution is -2.24. The number of hydrogen-bond donors (Lipinski definition) is 2. The van der Waals surface area contributed by atoms with Gasteiger partial charge in [0.05, 0.1) is 0 Å². The number of carboxylic acids is 1. The number of rotatable bonds is 3. The molecule has 0 radical (unpaired) electrons. The minimum Gasteiger partial charge on any atom is -0.480 e. The van der Waals surface area contributed by atoms with Crippen LogP contribution in [0.15, 0.2) is 0 Å². The Morgan fingerprint density at radius 2 is 2.00 bits per heavy atom. The molecule has 10 heavy (non-hydrogen) atoms. The molecule has 0 saturated carbocycles. The van der Waals surface area contributed by atoms with Gasteiger partial charge in [-0.25, -0.2) is 8.42 Å². The fraction of sp³-hybridized carbons (Fsp3) is 0.750. The smallest absolute Gasteiger partial charge is 0.318 e. The molecule has 0 aromatic rings. The average Bonchev–Trinajstić information content (AvgIpc) is 1.60. The van der Waals surface area contributed by atoms with Gasteiger partial charge in [0.2, 0.25) is 0 Å². The highest BCUT2D eigenvalue weighted by Gasteiger charge is 2.21. The van der Waals surface area contributed by atoms with E-state index in [1.807, 2.05) is 0 Å². The van der Waals surface area contributed by atoms with Crippen molar-refractivity contribution >= 4 is 15.8 Å². The van der Waals surface area contributed by atoms with Crippen molar-refractivity contribution in [2.24, 2.45) is 0 Å². The van der Waals surface area contributed by atoms with E-state index in [-0.39, 0.29) is 0 Å². The summed E-state index contributed by atoms with van der Waals surface area (Å²) in [5.41, 5.74) is -1.61. The van der Waals surface area contributed by atoms with Gasteiger partial charge in [-0.3, -0.25) is 4.79 Å². The Bertz CT molecular complexity index is 214. The Morgan fingerprint density at radius 3 is 2.10 bits per heavy atom. The van der Waals surface area contributed by atoms with E-state index >= 15 is 0 Å². The first-order valence-corrected chi connectivity index (χ1v) is 4.19. The van der Waals surface area contributed by atoms with Gasteiger partial charge in [-0.2, -0.15) is 0 Å². The van der Waals surface area contributed by atoms with E-state index in [0.717, 1.165) is 6.92 Å². The topological polar surface area (TPSA) is 91.7 Å². The molecule has 0 saturated heterocycles. The predicted octanol–water partition coefficient (Wildman–Crippen LogP) is -1.18. The Kier molecular flexibility index (Phi) is 2.79. The van der Waals surface area contributed by atoms with Crippen molar-refractivity contribution in [2.75, 3.05) is 5.75 Å². The molecule has 0 aliphatic carbocycles. The molecule has 0 fully saturated rings. The standard InChI is InChI=1S/C4H8O5S/c1-3(5)10(8,9)2-4(6)7/h3,5H,2H2,1H3,(H,6,7). The van der Waals surface area contributed by atoms with E-state index in [4.69, 9.17) is 10.2 Å². The van der Waals surface area contributed by atoms with Gasteiger partial charge in [-0.05, 0) is 6.92 Å². The van der Waals surface area contributed by atoms with Gasteiger partial charge >= 0.3 is 5.97 Å². The lowest BCUT2D eigenvalue weighted by molar-refractivity contribution is -0.134. The summed E-state index contributed by atoms with van der Waals surface area (Å²) >= 11 is 0. The van der Waals surface area contributed by atoms with Crippen molar-refractivity contribution in [3.8, 4) is 0 Å². The van der Waals surface area contributed by atoms with Crippen molar-refractivity contribution in [3.05, 3.63) is 0 Å². The van der Waals surface area contributed by atoms with Gasteiger partial charge in [0.25, 0.3) is 0 Å². The molecule has 1 unspecified atom stereocenters. The summed E-state index contributed by atoms with van der Waals surface area (Å²) in [6.45, 7) is 1.01. The Morgan fingerprint density at radius 1 is 1.60 bits per heavy atom. The van der Waals surface area contributed by atoms with Crippen LogP contribution < -0.4 is 0 Å². The predicted molar refractivity (Wildman–Crippen MR) is 33.1 cm³/mol. The minimum atomic E-state index is -3.84. The zero-order chi connectivity index (χ0) is 8.36. The lowest BCUT2D eigenvalue weighted by Gasteiger charge is -2.01. The summed E-state index contributed by atoms with van der Waals surface area (Å²) in [6.07, 6.45) is 0. The molecule has 0 aliphatic heterocycles. The molecule has 60 valence electrons. The number of aliphatic hydroxyl groups excluding tert-OH is 1. The molecule has 0 bridgehead atoms. The van der Waals surface area contributed by atoms with E-state index in [2.05, 4.69) is 0 Å². The van der Waals surface area contributed by atoms with Crippen LogP contribution in [0.25, 0.3) is 0 Å². The van der Waals surface area contributed by atoms with Crippen LogP contribution in [0.2, 0.25) is 0 Å². The first-order valence-electron chi connectivity index (χ1n) is 2.47. The van der Waals surface area contributed by atoms with E-state index in [1.54, 1.807) is 0 Å². The number of hydrogen-bond acceptors (Lipinski definition) is 4. The summed E-state index contributed by atoms with van der Waals surface area (Å²) in [5, 5.41) is 16.5. The molecule has 0 amide bonds. The molecule has 0 spiro atoms. The van der Waals surface area contributed by atoms with E-state index in [9.17, 15) is 13.2 Å². The fourth-order valence-electron chi connectivity index (χ4n) is 0.293. The Labute approximate surface area is 58.2 Å². The van der Waals surface area contributed by atoms with Crippen molar-refractivity contribution < 1.29 is 23.4 Å². The van der Waals surface area contributed by atoms with Crippen LogP contribution in [-0.2, 0) is 14.6 Å². The summed E-state index contributed by atoms with van der Waals surface area (Å²) < 4.78 is 21.0. The summed E-state index contributed by atoms with van der Waals surface area (Å²) in [4.78, 5) is 9.83. The maximum atomic E-state index is 10.5. The van der Waals surface area contributed by atoms with E-state index in [1.165, 1.54) is 0 Å². The zero-order valence-electron chi connectivity index (χ0n) is 5.31. The van der Waals surface area contributed by atoms with Gasteiger partial charge in [-0.1, -0.05) is 0 Å². The second-order valence-electron chi connectivity index (χ2n) is 1.80. The van der Waals surface area contributed by atoms with Gasteiger partial charge in [0, 0.05) is 0 Å². The first kappa shape index (κ1) is 9.38. The normalized spacial score (nSPS) is 14.6. The monoisotopic (exact) mass is 168 g/mol. The third kappa shape index (κ3) is 2.79. The van der Waals surface area contributed by atoms with Crippen molar-refractivity contribution in [3.63, 3.8) is 0 Å². The van der Waals surface area contributed by atoms with Crippen molar-refractivity contribution in [2.45, 2.75) is 12.4 Å². The SMILES string of the molecule is CC(O)S(=O)(=O)CC(=O)O. The van der Waals surface area contributed by atoms with Crippen LogP contribution in [0.1, 0.15) is 6.92 Å². The van der Waals surface area contributed by atoms with E-state index < -0.39 is 27.0 Å². The molecule has 5 nitrogen and oxygen atoms in total. The highest BCUT2D eigenvalue weighted by atomic mass is 32.2. The lowest BCUT2D eigenvalue weighted by atomic mass is 10.8. The van der Waals surface area contributed by atoms with Crippen LogP contribution in [-0.4, -0.2) is 35.8 Å². The Hall–Kier alpha value is -0.620. The fourth-order valence-corrected chi connectivity index (χ4v) is 0.878. The highest BCUT2D eigenvalue weighted by Crippen LogP contribution is 1.96. The van der Waals surface area contributed by atoms with Crippen LogP contribution in [0.3, 0.4) is 0 Å². The molecule has 0 aromatic heterocycles. The van der Waals surface area contributed by atoms with Gasteiger partial charge in [0.1, 0.15) is 0 Å². The zero-order valence-corrected chi connectivity index (χ0v) is 6.13. The van der Waals surface area contributed by atoms with Crippen LogP contribution in [0, 0.1) is 0 Å². The van der Waals surface area contributed by atoms with E-state index in [0.29, 0.717) is 0 Å². The highest BCUT2D eigenvalue weighted by molar-refractivity contribution is 7.92. The molecular weight excluding hydrogens is 160 g/mol. The van der Waals surface area contributed by atoms with Crippen LogP contribution in [0.5, 0.6) is 0 Å². The molecule has 0 heterocycles. The Balaban J connectivity index is 4.31. The van der Waals surface area contributed by atoms with Crippen molar-refractivity contribution in [1.82, 2.24) is 0 Å². The number of aliphatic hydroxyl groups is 1. The molecule has 0 rings (SSSR count). The second-order valence-corrected chi connectivity index (χ2v) is 4.10. The van der Waals surface area contributed by atoms with Gasteiger partial charge < -0.3 is 10.2 Å². The third-order valence-corrected chi connectivity index (χ3v) is 2.53. The maximum Gasteiger partial charge on any atom is 0.318 e. The number of carboxylic acid groups (broad SMARTS) is 1. The summed E-state index contributed by atoms with van der Waals surface area (Å²) in [7, 11) is -3.84. The van der Waals surface area contributed by atoms with Crippen LogP contribution in [0.4, 0.5) is 0 Å². The van der Waals surface area contributed by atoms with Gasteiger partial charge in [0.15, 0.2) is 21.0 Å².